The molecule has 0 spiro atoms. The first-order chi connectivity index (χ1) is 8.65. The van der Waals surface area contributed by atoms with E-state index in [1.165, 1.54) is 16.3 Å². The minimum absolute atomic E-state index is 0.148. The maximum atomic E-state index is 10.4. The Morgan fingerprint density at radius 2 is 2.06 bits per heavy atom. The Bertz CT molecular complexity index is 534. The molecule has 0 radical (unpaired) electrons. The number of nitro groups is 1. The van der Waals surface area contributed by atoms with Crippen molar-refractivity contribution >= 4 is 5.82 Å². The normalized spacial score (nSPS) is 10.3. The van der Waals surface area contributed by atoms with E-state index in [1.807, 2.05) is 31.2 Å². The van der Waals surface area contributed by atoms with Gasteiger partial charge >= 0.3 is 5.82 Å². The average molecular weight is 247 g/mol. The first-order valence-electron chi connectivity index (χ1n) is 5.52. The lowest BCUT2D eigenvalue weighted by molar-refractivity contribution is -0.389. The van der Waals surface area contributed by atoms with Crippen molar-refractivity contribution in [2.75, 3.05) is 6.61 Å². The number of aromatic nitrogens is 2. The van der Waals surface area contributed by atoms with E-state index in [1.54, 1.807) is 6.20 Å². The molecule has 0 fully saturated rings. The summed E-state index contributed by atoms with van der Waals surface area (Å²) in [4.78, 5) is 9.92. The van der Waals surface area contributed by atoms with Crippen LogP contribution in [0.15, 0.2) is 36.5 Å². The first kappa shape index (κ1) is 12.1. The second kappa shape index (κ2) is 5.31. The number of ether oxygens (including phenoxy) is 1. The molecule has 0 aliphatic rings. The Balaban J connectivity index is 1.84. The molecule has 0 unspecified atom stereocenters. The molecule has 1 aromatic carbocycles. The Hall–Kier alpha value is -2.37. The van der Waals surface area contributed by atoms with Gasteiger partial charge < -0.3 is 14.9 Å². The fourth-order valence-electron chi connectivity index (χ4n) is 1.46. The van der Waals surface area contributed by atoms with Crippen LogP contribution in [0.25, 0.3) is 0 Å². The van der Waals surface area contributed by atoms with Crippen LogP contribution in [0, 0.1) is 17.0 Å². The number of hydrogen-bond donors (Lipinski definition) is 0. The minimum atomic E-state index is -0.517. The van der Waals surface area contributed by atoms with E-state index in [0.29, 0.717) is 13.2 Å². The SMILES string of the molecule is Cc1ccc(OCCn2ccc([N+](=O)[O-])n2)cc1. The lowest BCUT2D eigenvalue weighted by atomic mass is 10.2. The Labute approximate surface area is 104 Å². The third-order valence-electron chi connectivity index (χ3n) is 2.42. The lowest BCUT2D eigenvalue weighted by Gasteiger charge is -2.04. The Morgan fingerprint density at radius 1 is 1.33 bits per heavy atom. The summed E-state index contributed by atoms with van der Waals surface area (Å²) in [5.74, 6) is 0.632. The molecule has 0 saturated carbocycles. The second-order valence-corrected chi connectivity index (χ2v) is 3.86. The number of nitrogens with zero attached hydrogens (tertiary/aromatic N) is 3. The standard InChI is InChI=1S/C12H13N3O3/c1-10-2-4-11(5-3-10)18-9-8-14-7-6-12(13-14)15(16)17/h2-7H,8-9H2,1H3. The maximum absolute atomic E-state index is 10.4. The Morgan fingerprint density at radius 3 is 2.67 bits per heavy atom. The molecule has 94 valence electrons. The van der Waals surface area contributed by atoms with Crippen LogP contribution < -0.4 is 4.74 Å². The topological polar surface area (TPSA) is 70.2 Å². The van der Waals surface area contributed by atoms with Crippen LogP contribution in [0.4, 0.5) is 5.82 Å². The van der Waals surface area contributed by atoms with E-state index in [-0.39, 0.29) is 5.82 Å². The summed E-state index contributed by atoms with van der Waals surface area (Å²) in [6.07, 6.45) is 1.57. The third kappa shape index (κ3) is 3.07. The van der Waals surface area contributed by atoms with Crippen LogP contribution in [0.3, 0.4) is 0 Å². The monoisotopic (exact) mass is 247 g/mol. The van der Waals surface area contributed by atoms with Gasteiger partial charge in [-0.3, -0.25) is 0 Å². The summed E-state index contributed by atoms with van der Waals surface area (Å²) in [6, 6.07) is 9.08. The van der Waals surface area contributed by atoms with Gasteiger partial charge in [-0.25, -0.2) is 0 Å². The summed E-state index contributed by atoms with van der Waals surface area (Å²) in [5.41, 5.74) is 1.17. The molecule has 1 aromatic heterocycles. The van der Waals surface area contributed by atoms with Gasteiger partial charge in [0, 0.05) is 0 Å². The van der Waals surface area contributed by atoms with Crippen molar-refractivity contribution < 1.29 is 9.66 Å². The summed E-state index contributed by atoms with van der Waals surface area (Å²) in [5, 5.41) is 14.2. The largest absolute Gasteiger partial charge is 0.492 e. The van der Waals surface area contributed by atoms with Gasteiger partial charge in [0.15, 0.2) is 0 Å². The van der Waals surface area contributed by atoms with Gasteiger partial charge in [0.2, 0.25) is 0 Å². The highest BCUT2D eigenvalue weighted by molar-refractivity contribution is 5.26. The molecule has 6 heteroatoms. The molecule has 0 N–H and O–H groups in total. The predicted octanol–water partition coefficient (Wildman–Crippen LogP) is 2.18. The minimum Gasteiger partial charge on any atom is -0.492 e. The van der Waals surface area contributed by atoms with E-state index in [2.05, 4.69) is 5.10 Å². The van der Waals surface area contributed by atoms with Crippen molar-refractivity contribution in [2.24, 2.45) is 0 Å². The molecule has 2 rings (SSSR count). The molecular weight excluding hydrogens is 234 g/mol. The molecular formula is C12H13N3O3. The highest BCUT2D eigenvalue weighted by Crippen LogP contribution is 2.11. The maximum Gasteiger partial charge on any atom is 0.389 e. The molecule has 0 atom stereocenters. The van der Waals surface area contributed by atoms with Crippen molar-refractivity contribution in [3.63, 3.8) is 0 Å². The summed E-state index contributed by atoms with van der Waals surface area (Å²) >= 11 is 0. The number of hydrogen-bond acceptors (Lipinski definition) is 4. The zero-order chi connectivity index (χ0) is 13.0. The average Bonchev–Trinajstić information content (AvgIpc) is 2.81. The van der Waals surface area contributed by atoms with Crippen LogP contribution in [-0.4, -0.2) is 21.3 Å². The zero-order valence-electron chi connectivity index (χ0n) is 9.94. The van der Waals surface area contributed by atoms with E-state index in [4.69, 9.17) is 4.74 Å². The lowest BCUT2D eigenvalue weighted by Crippen LogP contribution is -2.08. The second-order valence-electron chi connectivity index (χ2n) is 3.86. The quantitative estimate of drug-likeness (QED) is 0.599. The van der Waals surface area contributed by atoms with Gasteiger partial charge in [-0.15, -0.1) is 0 Å². The van der Waals surface area contributed by atoms with Gasteiger partial charge in [-0.05, 0) is 24.0 Å². The Kier molecular flexibility index (Phi) is 3.57. The molecule has 0 aliphatic heterocycles. The molecule has 0 aliphatic carbocycles. The van der Waals surface area contributed by atoms with Crippen molar-refractivity contribution in [2.45, 2.75) is 13.5 Å². The van der Waals surface area contributed by atoms with Crippen molar-refractivity contribution in [1.29, 1.82) is 0 Å². The number of aryl methyl sites for hydroxylation is 1. The molecule has 2 aromatic rings. The van der Waals surface area contributed by atoms with Crippen LogP contribution in [-0.2, 0) is 6.54 Å². The highest BCUT2D eigenvalue weighted by Gasteiger charge is 2.10. The summed E-state index contributed by atoms with van der Waals surface area (Å²) in [6.45, 7) is 2.90. The molecule has 1 heterocycles. The van der Waals surface area contributed by atoms with Gasteiger partial charge in [0.1, 0.15) is 12.4 Å². The fourth-order valence-corrected chi connectivity index (χ4v) is 1.46. The van der Waals surface area contributed by atoms with Crippen molar-refractivity contribution in [1.82, 2.24) is 9.78 Å². The number of rotatable bonds is 5. The molecule has 0 bridgehead atoms. The van der Waals surface area contributed by atoms with Crippen LogP contribution >= 0.6 is 0 Å². The summed E-state index contributed by atoms with van der Waals surface area (Å²) < 4.78 is 7.00. The van der Waals surface area contributed by atoms with E-state index in [9.17, 15) is 10.1 Å². The van der Waals surface area contributed by atoms with Gasteiger partial charge in [-0.1, -0.05) is 17.7 Å². The van der Waals surface area contributed by atoms with E-state index < -0.39 is 4.92 Å². The van der Waals surface area contributed by atoms with E-state index >= 15 is 0 Å². The van der Waals surface area contributed by atoms with Gasteiger partial charge in [0.25, 0.3) is 0 Å². The number of benzene rings is 1. The van der Waals surface area contributed by atoms with Crippen molar-refractivity contribution in [3.05, 3.63) is 52.2 Å². The molecule has 6 nitrogen and oxygen atoms in total. The van der Waals surface area contributed by atoms with E-state index in [0.717, 1.165) is 5.75 Å². The molecule has 0 amide bonds. The molecule has 0 saturated heterocycles. The fraction of sp³-hybridized carbons (Fsp3) is 0.250. The van der Waals surface area contributed by atoms with Gasteiger partial charge in [-0.2, -0.15) is 4.68 Å². The van der Waals surface area contributed by atoms with Crippen molar-refractivity contribution in [3.8, 4) is 5.75 Å². The predicted molar refractivity (Wildman–Crippen MR) is 65.6 cm³/mol. The van der Waals surface area contributed by atoms with Gasteiger partial charge in [0.05, 0.1) is 23.9 Å². The van der Waals surface area contributed by atoms with Crippen LogP contribution in [0.1, 0.15) is 5.56 Å². The smallest absolute Gasteiger partial charge is 0.389 e. The first-order valence-corrected chi connectivity index (χ1v) is 5.52. The van der Waals surface area contributed by atoms with Crippen LogP contribution in [0.2, 0.25) is 0 Å². The highest BCUT2D eigenvalue weighted by atomic mass is 16.6. The third-order valence-corrected chi connectivity index (χ3v) is 2.42. The molecule has 18 heavy (non-hydrogen) atoms. The zero-order valence-corrected chi connectivity index (χ0v) is 9.94. The van der Waals surface area contributed by atoms with Crippen LogP contribution in [0.5, 0.6) is 5.75 Å². The summed E-state index contributed by atoms with van der Waals surface area (Å²) in [7, 11) is 0.